The van der Waals surface area contributed by atoms with Crippen molar-refractivity contribution in [3.05, 3.63) is 42.2 Å². The summed E-state index contributed by atoms with van der Waals surface area (Å²) in [5.41, 5.74) is 3.55. The van der Waals surface area contributed by atoms with Crippen molar-refractivity contribution in [3.8, 4) is 17.0 Å². The van der Waals surface area contributed by atoms with Crippen molar-refractivity contribution in [1.29, 1.82) is 0 Å². The Morgan fingerprint density at radius 2 is 2.06 bits per heavy atom. The summed E-state index contributed by atoms with van der Waals surface area (Å²) in [5, 5.41) is 15.0. The van der Waals surface area contributed by atoms with E-state index in [0.717, 1.165) is 22.3 Å². The second-order valence-corrected chi connectivity index (χ2v) is 4.32. The number of nitrogens with zero attached hydrogens (tertiary/aromatic N) is 3. The Bertz CT molecular complexity index is 731. The van der Waals surface area contributed by atoms with Crippen LogP contribution in [0.3, 0.4) is 0 Å². The molecule has 0 atom stereocenters. The lowest BCUT2D eigenvalue weighted by atomic mass is 10.0. The number of aromatic nitrogens is 3. The van der Waals surface area contributed by atoms with Crippen LogP contribution in [-0.4, -0.2) is 19.9 Å². The molecule has 18 heavy (non-hydrogen) atoms. The number of phenols is 1. The fraction of sp³-hybridized carbons (Fsp3) is 0.143. The van der Waals surface area contributed by atoms with E-state index >= 15 is 0 Å². The van der Waals surface area contributed by atoms with Crippen molar-refractivity contribution in [2.24, 2.45) is 7.05 Å². The zero-order chi connectivity index (χ0) is 12.7. The predicted molar refractivity (Wildman–Crippen MR) is 70.3 cm³/mol. The lowest BCUT2D eigenvalue weighted by Gasteiger charge is -2.09. The van der Waals surface area contributed by atoms with Gasteiger partial charge in [0.15, 0.2) is 0 Å². The fourth-order valence-corrected chi connectivity index (χ4v) is 2.21. The normalized spacial score (nSPS) is 11.0. The summed E-state index contributed by atoms with van der Waals surface area (Å²) >= 11 is 0. The van der Waals surface area contributed by atoms with Crippen LogP contribution in [0.4, 0.5) is 0 Å². The third-order valence-electron chi connectivity index (χ3n) is 3.04. The molecular formula is C14H13N3O. The first kappa shape index (κ1) is 10.8. The molecule has 4 heteroatoms. The summed E-state index contributed by atoms with van der Waals surface area (Å²) in [6, 6.07) is 9.41. The average molecular weight is 239 g/mol. The highest BCUT2D eigenvalue weighted by Crippen LogP contribution is 2.31. The average Bonchev–Trinajstić information content (AvgIpc) is 2.76. The first-order chi connectivity index (χ1) is 8.66. The molecule has 1 aromatic carbocycles. The third-order valence-corrected chi connectivity index (χ3v) is 3.04. The van der Waals surface area contributed by atoms with E-state index in [4.69, 9.17) is 0 Å². The van der Waals surface area contributed by atoms with E-state index in [2.05, 4.69) is 10.1 Å². The Morgan fingerprint density at radius 3 is 2.78 bits per heavy atom. The van der Waals surface area contributed by atoms with Crippen LogP contribution in [0.5, 0.6) is 5.75 Å². The molecule has 90 valence electrons. The number of phenolic OH excluding ortho intramolecular Hbond substituents is 1. The van der Waals surface area contributed by atoms with Gasteiger partial charge in [-0.15, -0.1) is 0 Å². The molecule has 3 rings (SSSR count). The summed E-state index contributed by atoms with van der Waals surface area (Å²) in [4.78, 5) is 4.40. The highest BCUT2D eigenvalue weighted by atomic mass is 16.3. The van der Waals surface area contributed by atoms with Gasteiger partial charge in [0, 0.05) is 29.9 Å². The molecule has 0 amide bonds. The number of pyridine rings is 1. The number of hydrogen-bond donors (Lipinski definition) is 1. The standard InChI is InChI=1S/C14H13N3O/c1-9-8-11(12-6-7-15-17(12)2)10-4-3-5-13(18)14(10)16-9/h3-8,18H,1-2H3. The van der Waals surface area contributed by atoms with Crippen LogP contribution in [0, 0.1) is 6.92 Å². The molecule has 0 aliphatic carbocycles. The summed E-state index contributed by atoms with van der Waals surface area (Å²) in [7, 11) is 1.90. The van der Waals surface area contributed by atoms with E-state index in [1.165, 1.54) is 0 Å². The highest BCUT2D eigenvalue weighted by Gasteiger charge is 2.11. The first-order valence-electron chi connectivity index (χ1n) is 5.74. The lowest BCUT2D eigenvalue weighted by Crippen LogP contribution is -1.96. The summed E-state index contributed by atoms with van der Waals surface area (Å²) < 4.78 is 1.82. The molecule has 2 aromatic heterocycles. The van der Waals surface area contributed by atoms with Crippen LogP contribution in [0.25, 0.3) is 22.2 Å². The van der Waals surface area contributed by atoms with E-state index in [9.17, 15) is 5.11 Å². The van der Waals surface area contributed by atoms with Crippen LogP contribution < -0.4 is 0 Å². The maximum absolute atomic E-state index is 9.90. The second kappa shape index (κ2) is 3.84. The minimum absolute atomic E-state index is 0.208. The van der Waals surface area contributed by atoms with Crippen molar-refractivity contribution >= 4 is 10.9 Å². The predicted octanol–water partition coefficient (Wildman–Crippen LogP) is 2.65. The van der Waals surface area contributed by atoms with Gasteiger partial charge in [0.1, 0.15) is 11.3 Å². The SMILES string of the molecule is Cc1cc(-c2ccnn2C)c2cccc(O)c2n1. The van der Waals surface area contributed by atoms with Gasteiger partial charge in [0.2, 0.25) is 0 Å². The molecule has 0 saturated carbocycles. The molecule has 0 aliphatic rings. The van der Waals surface area contributed by atoms with Crippen LogP contribution in [0.1, 0.15) is 5.69 Å². The largest absolute Gasteiger partial charge is 0.506 e. The smallest absolute Gasteiger partial charge is 0.141 e. The summed E-state index contributed by atoms with van der Waals surface area (Å²) in [6.45, 7) is 1.92. The molecule has 0 saturated heterocycles. The molecule has 0 fully saturated rings. The van der Waals surface area contributed by atoms with Gasteiger partial charge in [-0.25, -0.2) is 4.98 Å². The molecule has 0 unspecified atom stereocenters. The van der Waals surface area contributed by atoms with Gasteiger partial charge < -0.3 is 5.11 Å². The number of benzene rings is 1. The van der Waals surface area contributed by atoms with Gasteiger partial charge in [0.05, 0.1) is 5.69 Å². The molecule has 2 heterocycles. The Morgan fingerprint density at radius 1 is 1.22 bits per heavy atom. The van der Waals surface area contributed by atoms with Crippen LogP contribution in [-0.2, 0) is 7.05 Å². The summed E-state index contributed by atoms with van der Waals surface area (Å²) in [6.07, 6.45) is 1.76. The number of hydrogen-bond acceptors (Lipinski definition) is 3. The van der Waals surface area contributed by atoms with Crippen molar-refractivity contribution in [2.75, 3.05) is 0 Å². The molecule has 0 radical (unpaired) electrons. The van der Waals surface area contributed by atoms with E-state index < -0.39 is 0 Å². The van der Waals surface area contributed by atoms with E-state index in [1.54, 1.807) is 12.3 Å². The Kier molecular flexibility index (Phi) is 2.30. The quantitative estimate of drug-likeness (QED) is 0.710. The molecule has 3 aromatic rings. The van der Waals surface area contributed by atoms with E-state index in [-0.39, 0.29) is 5.75 Å². The Labute approximate surface area is 105 Å². The zero-order valence-corrected chi connectivity index (χ0v) is 10.3. The topological polar surface area (TPSA) is 50.9 Å². The number of para-hydroxylation sites is 1. The van der Waals surface area contributed by atoms with E-state index in [1.807, 2.05) is 42.9 Å². The Balaban J connectivity index is 2.43. The molecule has 0 spiro atoms. The number of fused-ring (bicyclic) bond motifs is 1. The molecule has 4 nitrogen and oxygen atoms in total. The number of aromatic hydroxyl groups is 1. The molecule has 0 bridgehead atoms. The highest BCUT2D eigenvalue weighted by molar-refractivity contribution is 5.96. The van der Waals surface area contributed by atoms with Gasteiger partial charge >= 0.3 is 0 Å². The maximum atomic E-state index is 9.90. The lowest BCUT2D eigenvalue weighted by molar-refractivity contribution is 0.480. The fourth-order valence-electron chi connectivity index (χ4n) is 2.21. The van der Waals surface area contributed by atoms with Gasteiger partial charge in [-0.05, 0) is 25.1 Å². The van der Waals surface area contributed by atoms with Crippen molar-refractivity contribution < 1.29 is 5.11 Å². The molecule has 1 N–H and O–H groups in total. The Hall–Kier alpha value is -2.36. The monoisotopic (exact) mass is 239 g/mol. The minimum Gasteiger partial charge on any atom is -0.506 e. The van der Waals surface area contributed by atoms with Crippen molar-refractivity contribution in [3.63, 3.8) is 0 Å². The number of rotatable bonds is 1. The van der Waals surface area contributed by atoms with Gasteiger partial charge in [0.25, 0.3) is 0 Å². The summed E-state index contributed by atoms with van der Waals surface area (Å²) in [5.74, 6) is 0.208. The zero-order valence-electron chi connectivity index (χ0n) is 10.3. The van der Waals surface area contributed by atoms with Crippen LogP contribution in [0.2, 0.25) is 0 Å². The van der Waals surface area contributed by atoms with Crippen LogP contribution >= 0.6 is 0 Å². The minimum atomic E-state index is 0.208. The third kappa shape index (κ3) is 1.54. The number of aryl methyl sites for hydroxylation is 2. The second-order valence-electron chi connectivity index (χ2n) is 4.32. The van der Waals surface area contributed by atoms with E-state index in [0.29, 0.717) is 5.52 Å². The van der Waals surface area contributed by atoms with Gasteiger partial charge in [-0.3, -0.25) is 4.68 Å². The molecular weight excluding hydrogens is 226 g/mol. The molecule has 0 aliphatic heterocycles. The van der Waals surface area contributed by atoms with Gasteiger partial charge in [-0.2, -0.15) is 5.10 Å². The maximum Gasteiger partial charge on any atom is 0.141 e. The van der Waals surface area contributed by atoms with Crippen molar-refractivity contribution in [1.82, 2.24) is 14.8 Å². The first-order valence-corrected chi connectivity index (χ1v) is 5.74. The van der Waals surface area contributed by atoms with Crippen LogP contribution in [0.15, 0.2) is 36.5 Å². The van der Waals surface area contributed by atoms with Gasteiger partial charge in [-0.1, -0.05) is 12.1 Å². The van der Waals surface area contributed by atoms with Crippen molar-refractivity contribution in [2.45, 2.75) is 6.92 Å².